The molecule has 0 aliphatic carbocycles. The van der Waals surface area contributed by atoms with Crippen LogP contribution < -0.4 is 9.64 Å². The van der Waals surface area contributed by atoms with Crippen LogP contribution in [0.15, 0.2) is 6.07 Å². The third-order valence-electron chi connectivity index (χ3n) is 2.92. The predicted molar refractivity (Wildman–Crippen MR) is 71.9 cm³/mol. The fourth-order valence-electron chi connectivity index (χ4n) is 1.90. The molecule has 1 aromatic rings. The molecule has 2 heterocycles. The second-order valence-corrected chi connectivity index (χ2v) is 4.50. The molecular formula is C13H19N3O4. The summed E-state index contributed by atoms with van der Waals surface area (Å²) in [5.41, 5.74) is 0.850. The van der Waals surface area contributed by atoms with Crippen molar-refractivity contribution in [3.63, 3.8) is 0 Å². The molecule has 0 spiro atoms. The van der Waals surface area contributed by atoms with Crippen LogP contribution in [0, 0.1) is 6.92 Å². The number of nitrogens with zero attached hydrogens (tertiary/aromatic N) is 3. The molecule has 0 aromatic carbocycles. The first-order chi connectivity index (χ1) is 9.62. The average molecular weight is 281 g/mol. The van der Waals surface area contributed by atoms with Gasteiger partial charge in [0.1, 0.15) is 12.4 Å². The zero-order valence-electron chi connectivity index (χ0n) is 12.0. The average Bonchev–Trinajstić information content (AvgIpc) is 2.36. The zero-order valence-corrected chi connectivity index (χ0v) is 12.0. The van der Waals surface area contributed by atoms with Gasteiger partial charge < -0.3 is 19.1 Å². The van der Waals surface area contributed by atoms with Crippen LogP contribution in [-0.4, -0.2) is 55.5 Å². The van der Waals surface area contributed by atoms with Gasteiger partial charge in [-0.05, 0) is 13.8 Å². The van der Waals surface area contributed by atoms with Crippen molar-refractivity contribution in [3.05, 3.63) is 11.8 Å². The van der Waals surface area contributed by atoms with Crippen molar-refractivity contribution >= 4 is 11.8 Å². The van der Waals surface area contributed by atoms with Gasteiger partial charge in [-0.25, -0.2) is 9.78 Å². The third-order valence-corrected chi connectivity index (χ3v) is 2.92. The number of aromatic nitrogens is 2. The summed E-state index contributed by atoms with van der Waals surface area (Å²) in [7, 11) is 1.54. The Morgan fingerprint density at radius 1 is 1.45 bits per heavy atom. The molecule has 1 aliphatic heterocycles. The van der Waals surface area contributed by atoms with E-state index in [2.05, 4.69) is 9.97 Å². The number of esters is 1. The second-order valence-electron chi connectivity index (χ2n) is 4.50. The summed E-state index contributed by atoms with van der Waals surface area (Å²) >= 11 is 0. The number of hydrogen-bond donors (Lipinski definition) is 0. The Morgan fingerprint density at radius 2 is 2.20 bits per heavy atom. The lowest BCUT2D eigenvalue weighted by Gasteiger charge is -2.39. The van der Waals surface area contributed by atoms with Gasteiger partial charge in [0.15, 0.2) is 0 Å². The number of anilines is 1. The van der Waals surface area contributed by atoms with Crippen LogP contribution in [0.4, 0.5) is 5.82 Å². The molecule has 2 rings (SSSR count). The van der Waals surface area contributed by atoms with Crippen LogP contribution in [0.2, 0.25) is 0 Å². The van der Waals surface area contributed by atoms with Gasteiger partial charge in [0.2, 0.25) is 0 Å². The molecule has 0 saturated carbocycles. The first-order valence-corrected chi connectivity index (χ1v) is 6.54. The van der Waals surface area contributed by atoms with Crippen molar-refractivity contribution < 1.29 is 19.0 Å². The number of methoxy groups -OCH3 is 1. The Kier molecular flexibility index (Phi) is 4.73. The number of ether oxygens (including phenoxy) is 3. The Balaban J connectivity index is 1.81. The minimum atomic E-state index is -0.328. The maximum atomic E-state index is 11.2. The lowest BCUT2D eigenvalue weighted by Crippen LogP contribution is -2.53. The van der Waals surface area contributed by atoms with Crippen molar-refractivity contribution in [1.82, 2.24) is 9.97 Å². The largest absolute Gasteiger partial charge is 0.467 e. The normalized spacial score (nSPS) is 14.8. The molecule has 0 amide bonds. The van der Waals surface area contributed by atoms with Crippen LogP contribution >= 0.6 is 0 Å². The molecule has 0 bridgehead atoms. The van der Waals surface area contributed by atoms with E-state index in [4.69, 9.17) is 14.2 Å². The van der Waals surface area contributed by atoms with Gasteiger partial charge in [0.25, 0.3) is 0 Å². The van der Waals surface area contributed by atoms with Gasteiger partial charge in [-0.1, -0.05) is 0 Å². The van der Waals surface area contributed by atoms with E-state index in [1.54, 1.807) is 14.0 Å². The number of hydrogen-bond acceptors (Lipinski definition) is 7. The van der Waals surface area contributed by atoms with Gasteiger partial charge in [0.05, 0.1) is 19.8 Å². The summed E-state index contributed by atoms with van der Waals surface area (Å²) in [6, 6.07) is 2.25. The van der Waals surface area contributed by atoms with Gasteiger partial charge in [0, 0.05) is 24.8 Å². The third kappa shape index (κ3) is 3.57. The Labute approximate surface area is 117 Å². The van der Waals surface area contributed by atoms with Crippen LogP contribution in [0.3, 0.4) is 0 Å². The van der Waals surface area contributed by atoms with Crippen molar-refractivity contribution in [2.45, 2.75) is 20.0 Å². The van der Waals surface area contributed by atoms with E-state index in [1.807, 2.05) is 17.9 Å². The highest BCUT2D eigenvalue weighted by Crippen LogP contribution is 2.22. The molecule has 1 aliphatic rings. The lowest BCUT2D eigenvalue weighted by atomic mass is 10.1. The molecule has 0 radical (unpaired) electrons. The Bertz CT molecular complexity index is 475. The topological polar surface area (TPSA) is 73.8 Å². The van der Waals surface area contributed by atoms with Gasteiger partial charge >= 0.3 is 12.0 Å². The van der Waals surface area contributed by atoms with Crippen molar-refractivity contribution in [3.8, 4) is 6.01 Å². The number of aryl methyl sites for hydroxylation is 1. The molecule has 0 N–H and O–H groups in total. The standard InChI is InChI=1S/C13H19N3O4/c1-4-19-12(17)8-20-10-6-16(7-10)11-5-9(2)14-13(15-11)18-3/h5,10H,4,6-8H2,1-3H3. The summed E-state index contributed by atoms with van der Waals surface area (Å²) < 4.78 is 15.3. The molecule has 7 heteroatoms. The maximum Gasteiger partial charge on any atom is 0.332 e. The Hall–Kier alpha value is -1.89. The van der Waals surface area contributed by atoms with E-state index < -0.39 is 0 Å². The molecule has 0 atom stereocenters. The van der Waals surface area contributed by atoms with Crippen LogP contribution in [0.1, 0.15) is 12.6 Å². The number of carbonyl (C=O) groups is 1. The molecule has 1 fully saturated rings. The fourth-order valence-corrected chi connectivity index (χ4v) is 1.90. The minimum Gasteiger partial charge on any atom is -0.467 e. The van der Waals surface area contributed by atoms with E-state index in [-0.39, 0.29) is 18.7 Å². The van der Waals surface area contributed by atoms with E-state index in [9.17, 15) is 4.79 Å². The van der Waals surface area contributed by atoms with Gasteiger partial charge in [-0.2, -0.15) is 4.98 Å². The molecule has 7 nitrogen and oxygen atoms in total. The van der Waals surface area contributed by atoms with Gasteiger partial charge in [-0.3, -0.25) is 0 Å². The summed E-state index contributed by atoms with van der Waals surface area (Å²) in [6.45, 7) is 5.42. The summed E-state index contributed by atoms with van der Waals surface area (Å²) in [6.07, 6.45) is 0.0284. The van der Waals surface area contributed by atoms with E-state index >= 15 is 0 Å². The summed E-state index contributed by atoms with van der Waals surface area (Å²) in [4.78, 5) is 21.6. The Morgan fingerprint density at radius 3 is 2.85 bits per heavy atom. The molecule has 0 unspecified atom stereocenters. The van der Waals surface area contributed by atoms with Crippen molar-refractivity contribution in [2.75, 3.05) is 38.3 Å². The van der Waals surface area contributed by atoms with E-state index in [0.717, 1.165) is 11.5 Å². The van der Waals surface area contributed by atoms with Crippen LogP contribution in [0.5, 0.6) is 6.01 Å². The van der Waals surface area contributed by atoms with Crippen molar-refractivity contribution in [2.24, 2.45) is 0 Å². The smallest absolute Gasteiger partial charge is 0.332 e. The fraction of sp³-hybridized carbons (Fsp3) is 0.615. The quantitative estimate of drug-likeness (QED) is 0.705. The molecule has 1 aromatic heterocycles. The summed E-state index contributed by atoms with van der Waals surface area (Å²) in [5, 5.41) is 0. The van der Waals surface area contributed by atoms with Crippen LogP contribution in [0.25, 0.3) is 0 Å². The summed E-state index contributed by atoms with van der Waals surface area (Å²) in [5.74, 6) is 0.482. The highest BCUT2D eigenvalue weighted by atomic mass is 16.6. The second kappa shape index (κ2) is 6.51. The monoisotopic (exact) mass is 281 g/mol. The van der Waals surface area contributed by atoms with Crippen molar-refractivity contribution in [1.29, 1.82) is 0 Å². The molecular weight excluding hydrogens is 262 g/mol. The highest BCUT2D eigenvalue weighted by Gasteiger charge is 2.29. The lowest BCUT2D eigenvalue weighted by molar-refractivity contribution is -0.151. The van der Waals surface area contributed by atoms with E-state index in [0.29, 0.717) is 25.7 Å². The predicted octanol–water partition coefficient (Wildman–Crippen LogP) is 0.562. The number of rotatable bonds is 6. The van der Waals surface area contributed by atoms with Crippen LogP contribution in [-0.2, 0) is 14.3 Å². The first-order valence-electron chi connectivity index (χ1n) is 6.54. The van der Waals surface area contributed by atoms with Gasteiger partial charge in [-0.15, -0.1) is 0 Å². The number of carbonyl (C=O) groups excluding carboxylic acids is 1. The minimum absolute atomic E-state index is 0.00152. The zero-order chi connectivity index (χ0) is 14.5. The molecule has 110 valence electrons. The first kappa shape index (κ1) is 14.5. The highest BCUT2D eigenvalue weighted by molar-refractivity contribution is 5.70. The molecule has 1 saturated heterocycles. The maximum absolute atomic E-state index is 11.2. The SMILES string of the molecule is CCOC(=O)COC1CN(c2cc(C)nc(OC)n2)C1. The molecule has 20 heavy (non-hydrogen) atoms. The van der Waals surface area contributed by atoms with E-state index in [1.165, 1.54) is 0 Å².